The summed E-state index contributed by atoms with van der Waals surface area (Å²) in [6.45, 7) is 2.89. The Balaban J connectivity index is 2.82. The molecule has 0 bridgehead atoms. The molecular weight excluding hydrogens is 278 g/mol. The molecule has 1 unspecified atom stereocenters. The van der Waals surface area contributed by atoms with Crippen molar-refractivity contribution >= 4 is 9.84 Å². The molecule has 0 fully saturated rings. The molecule has 0 aliphatic heterocycles. The van der Waals surface area contributed by atoms with Crippen molar-refractivity contribution in [3.8, 4) is 5.75 Å². The molecule has 20 heavy (non-hydrogen) atoms. The van der Waals surface area contributed by atoms with E-state index in [2.05, 4.69) is 5.32 Å². The molecule has 1 N–H and O–H groups in total. The summed E-state index contributed by atoms with van der Waals surface area (Å²) < 4.78 is 34.0. The average molecular weight is 301 g/mol. The molecule has 1 rings (SSSR count). The molecular formula is C14H23NO4S. The second kappa shape index (κ2) is 8.24. The minimum absolute atomic E-state index is 0.0432. The van der Waals surface area contributed by atoms with Crippen LogP contribution in [0.25, 0.3) is 0 Å². The molecule has 0 saturated carbocycles. The van der Waals surface area contributed by atoms with Crippen molar-refractivity contribution in [2.24, 2.45) is 0 Å². The number of ether oxygens (including phenoxy) is 2. The molecule has 0 amide bonds. The molecule has 0 radical (unpaired) electrons. The zero-order chi connectivity index (χ0) is 15.0. The molecule has 114 valence electrons. The monoisotopic (exact) mass is 301 g/mol. The predicted molar refractivity (Wildman–Crippen MR) is 79.9 cm³/mol. The number of methoxy groups -OCH3 is 2. The van der Waals surface area contributed by atoms with Crippen LogP contribution in [0.15, 0.2) is 24.3 Å². The van der Waals surface area contributed by atoms with Gasteiger partial charge in [-0.1, -0.05) is 19.1 Å². The van der Waals surface area contributed by atoms with Gasteiger partial charge in [-0.3, -0.25) is 0 Å². The lowest BCUT2D eigenvalue weighted by Gasteiger charge is -2.18. The van der Waals surface area contributed by atoms with Crippen LogP contribution in [0, 0.1) is 0 Å². The first kappa shape index (κ1) is 16.9. The molecule has 1 atom stereocenters. The van der Waals surface area contributed by atoms with Crippen molar-refractivity contribution in [3.63, 3.8) is 0 Å². The summed E-state index contributed by atoms with van der Waals surface area (Å²) in [5.41, 5.74) is 0.939. The van der Waals surface area contributed by atoms with E-state index in [4.69, 9.17) is 9.47 Å². The van der Waals surface area contributed by atoms with Crippen LogP contribution in [-0.2, 0) is 14.6 Å². The largest absolute Gasteiger partial charge is 0.497 e. The number of sulfone groups is 1. The Hall–Kier alpha value is -1.11. The van der Waals surface area contributed by atoms with Gasteiger partial charge >= 0.3 is 0 Å². The van der Waals surface area contributed by atoms with E-state index in [1.165, 1.54) is 7.11 Å². The van der Waals surface area contributed by atoms with Crippen LogP contribution in [0.4, 0.5) is 0 Å². The van der Waals surface area contributed by atoms with Gasteiger partial charge in [0.2, 0.25) is 0 Å². The van der Waals surface area contributed by atoms with Gasteiger partial charge in [0.1, 0.15) is 5.75 Å². The lowest BCUT2D eigenvalue weighted by molar-refractivity contribution is 0.217. The van der Waals surface area contributed by atoms with Crippen molar-refractivity contribution in [3.05, 3.63) is 29.8 Å². The zero-order valence-corrected chi connectivity index (χ0v) is 13.1. The predicted octanol–water partition coefficient (Wildman–Crippen LogP) is 1.41. The van der Waals surface area contributed by atoms with E-state index in [0.717, 1.165) is 11.3 Å². The maximum atomic E-state index is 12.0. The van der Waals surface area contributed by atoms with Gasteiger partial charge in [0, 0.05) is 13.2 Å². The first-order valence-electron chi connectivity index (χ1n) is 6.59. The van der Waals surface area contributed by atoms with Gasteiger partial charge in [0.25, 0.3) is 0 Å². The molecule has 0 spiro atoms. The van der Waals surface area contributed by atoms with Crippen LogP contribution in [0.5, 0.6) is 5.75 Å². The second-order valence-electron chi connectivity index (χ2n) is 4.49. The van der Waals surface area contributed by atoms with Crippen LogP contribution >= 0.6 is 0 Å². The van der Waals surface area contributed by atoms with Crippen molar-refractivity contribution in [2.45, 2.75) is 13.0 Å². The fraction of sp³-hybridized carbons (Fsp3) is 0.571. The maximum Gasteiger partial charge on any atom is 0.154 e. The van der Waals surface area contributed by atoms with Crippen LogP contribution < -0.4 is 10.1 Å². The molecule has 1 aromatic carbocycles. The Bertz CT molecular complexity index is 484. The standard InChI is InChI=1S/C14H23NO4S/c1-4-15-14(11-20(16,17)10-9-18-2)12-5-7-13(19-3)8-6-12/h5-8,14-15H,4,9-11H2,1-3H3. The smallest absolute Gasteiger partial charge is 0.154 e. The second-order valence-corrected chi connectivity index (χ2v) is 6.72. The van der Waals surface area contributed by atoms with Crippen LogP contribution in [0.1, 0.15) is 18.5 Å². The minimum atomic E-state index is -3.15. The fourth-order valence-electron chi connectivity index (χ4n) is 1.90. The van der Waals surface area contributed by atoms with Gasteiger partial charge < -0.3 is 14.8 Å². The summed E-state index contributed by atoms with van der Waals surface area (Å²) in [6, 6.07) is 7.23. The van der Waals surface area contributed by atoms with E-state index < -0.39 is 9.84 Å². The fourth-order valence-corrected chi connectivity index (χ4v) is 3.31. The van der Waals surface area contributed by atoms with Crippen LogP contribution in [0.3, 0.4) is 0 Å². The third kappa shape index (κ3) is 5.48. The Labute approximate surface area is 121 Å². The van der Waals surface area contributed by atoms with E-state index in [9.17, 15) is 8.42 Å². The van der Waals surface area contributed by atoms with E-state index in [-0.39, 0.29) is 24.2 Å². The Morgan fingerprint density at radius 3 is 2.35 bits per heavy atom. The Morgan fingerprint density at radius 2 is 1.85 bits per heavy atom. The van der Waals surface area contributed by atoms with Crippen LogP contribution in [-0.4, -0.2) is 47.3 Å². The number of hydrogen-bond acceptors (Lipinski definition) is 5. The summed E-state index contributed by atoms with van der Waals surface area (Å²) in [7, 11) is -0.0438. The van der Waals surface area contributed by atoms with Gasteiger partial charge in [-0.15, -0.1) is 0 Å². The van der Waals surface area contributed by atoms with Crippen molar-refractivity contribution in [1.29, 1.82) is 0 Å². The number of rotatable bonds is 9. The van der Waals surface area contributed by atoms with E-state index in [1.54, 1.807) is 7.11 Å². The molecule has 0 heterocycles. The molecule has 0 aliphatic rings. The third-order valence-corrected chi connectivity index (χ3v) is 4.62. The topological polar surface area (TPSA) is 64.6 Å². The molecule has 0 saturated heterocycles. The molecule has 0 aromatic heterocycles. The molecule has 5 nitrogen and oxygen atoms in total. The maximum absolute atomic E-state index is 12.0. The summed E-state index contributed by atoms with van der Waals surface area (Å²) >= 11 is 0. The highest BCUT2D eigenvalue weighted by atomic mass is 32.2. The first-order chi connectivity index (χ1) is 9.52. The van der Waals surface area contributed by atoms with Gasteiger partial charge in [0.05, 0.1) is 25.2 Å². The highest BCUT2D eigenvalue weighted by Crippen LogP contribution is 2.19. The van der Waals surface area contributed by atoms with Crippen molar-refractivity contribution < 1.29 is 17.9 Å². The zero-order valence-electron chi connectivity index (χ0n) is 12.3. The SMILES string of the molecule is CCNC(CS(=O)(=O)CCOC)c1ccc(OC)cc1. The normalized spacial score (nSPS) is 13.2. The first-order valence-corrected chi connectivity index (χ1v) is 8.41. The van der Waals surface area contributed by atoms with Crippen molar-refractivity contribution in [1.82, 2.24) is 5.32 Å². The number of nitrogens with one attached hydrogen (secondary N) is 1. The summed E-state index contributed by atoms with van der Waals surface area (Å²) in [4.78, 5) is 0. The lowest BCUT2D eigenvalue weighted by Crippen LogP contribution is -2.30. The van der Waals surface area contributed by atoms with E-state index >= 15 is 0 Å². The molecule has 0 aliphatic carbocycles. The van der Waals surface area contributed by atoms with Gasteiger partial charge in [-0.25, -0.2) is 8.42 Å². The average Bonchev–Trinajstić information content (AvgIpc) is 2.45. The highest BCUT2D eigenvalue weighted by Gasteiger charge is 2.20. The summed E-state index contributed by atoms with van der Waals surface area (Å²) in [6.07, 6.45) is 0. The van der Waals surface area contributed by atoms with Crippen LogP contribution in [0.2, 0.25) is 0 Å². The third-order valence-electron chi connectivity index (χ3n) is 2.99. The lowest BCUT2D eigenvalue weighted by atomic mass is 10.1. The quantitative estimate of drug-likeness (QED) is 0.747. The Kier molecular flexibility index (Phi) is 6.98. The van der Waals surface area contributed by atoms with Crippen molar-refractivity contribution in [2.75, 3.05) is 38.9 Å². The number of hydrogen-bond donors (Lipinski definition) is 1. The minimum Gasteiger partial charge on any atom is -0.497 e. The Morgan fingerprint density at radius 1 is 1.20 bits per heavy atom. The molecule has 1 aromatic rings. The van der Waals surface area contributed by atoms with Gasteiger partial charge in [-0.05, 0) is 24.2 Å². The van der Waals surface area contributed by atoms with E-state index in [0.29, 0.717) is 6.54 Å². The van der Waals surface area contributed by atoms with Gasteiger partial charge in [0.15, 0.2) is 9.84 Å². The molecule has 6 heteroatoms. The van der Waals surface area contributed by atoms with E-state index in [1.807, 2.05) is 31.2 Å². The summed E-state index contributed by atoms with van der Waals surface area (Å²) in [5, 5.41) is 3.21. The highest BCUT2D eigenvalue weighted by molar-refractivity contribution is 7.91. The van der Waals surface area contributed by atoms with Gasteiger partial charge in [-0.2, -0.15) is 0 Å². The summed E-state index contributed by atoms with van der Waals surface area (Å²) in [5.74, 6) is 0.865. The number of benzene rings is 1.